The minimum Gasteiger partial charge on any atom is -0.462 e. The molecule has 2 aromatic heterocycles. The molecule has 1 fully saturated rings. The number of oxazole rings is 1. The van der Waals surface area contributed by atoms with E-state index in [1.165, 1.54) is 35.9 Å². The van der Waals surface area contributed by atoms with Crippen LogP contribution in [-0.2, 0) is 18.0 Å². The number of esters is 1. The Morgan fingerprint density at radius 1 is 1.16 bits per heavy atom. The Hall–Kier alpha value is -4.35. The fourth-order valence-electron chi connectivity index (χ4n) is 5.58. The number of alkyl halides is 3. The number of hydrogen-bond acceptors (Lipinski definition) is 6. The molecular formula is C26H20F3N3O6. The number of fused-ring (bicyclic) bond motifs is 4. The molecule has 1 saturated carbocycles. The van der Waals surface area contributed by atoms with Crippen LogP contribution >= 0.6 is 0 Å². The summed E-state index contributed by atoms with van der Waals surface area (Å²) in [4.78, 5) is 52.1. The smallest absolute Gasteiger partial charge is 0.419 e. The van der Waals surface area contributed by atoms with E-state index in [9.17, 15) is 32.3 Å². The van der Waals surface area contributed by atoms with Crippen LogP contribution in [0.3, 0.4) is 0 Å². The van der Waals surface area contributed by atoms with E-state index in [1.54, 1.807) is 13.0 Å². The highest BCUT2D eigenvalue weighted by Crippen LogP contribution is 2.64. The summed E-state index contributed by atoms with van der Waals surface area (Å²) in [5.41, 5.74) is -1.90. The maximum Gasteiger partial charge on any atom is 0.419 e. The Morgan fingerprint density at radius 2 is 1.92 bits per heavy atom. The molecule has 38 heavy (non-hydrogen) atoms. The lowest BCUT2D eigenvalue weighted by molar-refractivity contribution is -0.138. The van der Waals surface area contributed by atoms with Crippen molar-refractivity contribution >= 4 is 17.1 Å². The summed E-state index contributed by atoms with van der Waals surface area (Å²) in [5.74, 6) is -2.44. The fourth-order valence-corrected chi connectivity index (χ4v) is 5.58. The van der Waals surface area contributed by atoms with E-state index < -0.39 is 58.2 Å². The molecule has 3 atom stereocenters. The van der Waals surface area contributed by atoms with Crippen LogP contribution in [0.2, 0.25) is 0 Å². The number of carbonyl (C=O) groups excluding carboxylic acids is 1. The SMILES string of the molecule is CCOC(=O)c1cn(-c2ccc3c(c2)oc(=O)n3C)c(=O)n(C2c3cccc(C(F)(F)F)c3C3CC32)c1=O. The van der Waals surface area contributed by atoms with Gasteiger partial charge in [-0.15, -0.1) is 0 Å². The van der Waals surface area contributed by atoms with Crippen LogP contribution in [0.25, 0.3) is 16.8 Å². The number of aromatic nitrogens is 3. The average Bonchev–Trinajstić information content (AvgIpc) is 3.51. The number of aryl methyl sites for hydroxylation is 1. The van der Waals surface area contributed by atoms with Crippen LogP contribution in [-0.4, -0.2) is 26.3 Å². The minimum absolute atomic E-state index is 0.0373. The summed E-state index contributed by atoms with van der Waals surface area (Å²) in [6.07, 6.45) is -3.17. The van der Waals surface area contributed by atoms with Gasteiger partial charge in [0.15, 0.2) is 5.58 Å². The first-order valence-corrected chi connectivity index (χ1v) is 11.9. The summed E-state index contributed by atoms with van der Waals surface area (Å²) >= 11 is 0. The highest BCUT2D eigenvalue weighted by molar-refractivity contribution is 5.88. The number of halogens is 3. The largest absolute Gasteiger partial charge is 0.462 e. The number of carbonyl (C=O) groups is 1. The molecule has 0 spiro atoms. The van der Waals surface area contributed by atoms with Crippen LogP contribution in [0.15, 0.2) is 61.4 Å². The van der Waals surface area contributed by atoms with Gasteiger partial charge in [-0.1, -0.05) is 12.1 Å². The first kappa shape index (κ1) is 24.0. The topological polar surface area (TPSA) is 105 Å². The van der Waals surface area contributed by atoms with E-state index in [2.05, 4.69) is 0 Å². The maximum absolute atomic E-state index is 13.8. The zero-order valence-electron chi connectivity index (χ0n) is 20.1. The predicted molar refractivity (Wildman–Crippen MR) is 128 cm³/mol. The molecule has 12 heteroatoms. The Kier molecular flexibility index (Phi) is 5.10. The lowest BCUT2D eigenvalue weighted by atomic mass is 9.97. The van der Waals surface area contributed by atoms with E-state index in [1.807, 2.05) is 0 Å². The van der Waals surface area contributed by atoms with Crippen LogP contribution in [0.4, 0.5) is 13.2 Å². The Labute approximate surface area is 211 Å². The first-order valence-electron chi connectivity index (χ1n) is 11.9. The molecule has 196 valence electrons. The van der Waals surface area contributed by atoms with E-state index >= 15 is 0 Å². The van der Waals surface area contributed by atoms with E-state index in [0.717, 1.165) is 21.4 Å². The molecule has 0 N–H and O–H groups in total. The second kappa shape index (κ2) is 8.07. The highest BCUT2D eigenvalue weighted by atomic mass is 19.4. The molecule has 2 aromatic carbocycles. The second-order valence-corrected chi connectivity index (χ2v) is 9.43. The Balaban J connectivity index is 1.61. The van der Waals surface area contributed by atoms with Gasteiger partial charge in [0, 0.05) is 19.3 Å². The molecule has 2 aliphatic rings. The molecule has 9 nitrogen and oxygen atoms in total. The van der Waals surface area contributed by atoms with Gasteiger partial charge >= 0.3 is 23.6 Å². The standard InChI is InChI=1S/C26H20F3N3O6/c1-3-37-23(34)16-11-31(12-7-8-18-19(9-12)38-25(36)30(18)2)24(35)32(22(16)33)21-13-5-4-6-17(26(27,28)29)20(13)14-10-15(14)21/h4-9,11,14-15,21H,3,10H2,1-2H3. The van der Waals surface area contributed by atoms with Gasteiger partial charge in [-0.05, 0) is 54.5 Å². The molecule has 2 heterocycles. The number of rotatable bonds is 4. The van der Waals surface area contributed by atoms with Crippen molar-refractivity contribution in [2.45, 2.75) is 31.5 Å². The van der Waals surface area contributed by atoms with E-state index in [4.69, 9.17) is 9.15 Å². The zero-order valence-corrected chi connectivity index (χ0v) is 20.1. The second-order valence-electron chi connectivity index (χ2n) is 9.43. The molecule has 0 radical (unpaired) electrons. The van der Waals surface area contributed by atoms with Crippen LogP contribution in [0, 0.1) is 5.92 Å². The van der Waals surface area contributed by atoms with Gasteiger partial charge in [0.05, 0.1) is 29.4 Å². The number of hydrogen-bond donors (Lipinski definition) is 0. The molecule has 0 aliphatic heterocycles. The summed E-state index contributed by atoms with van der Waals surface area (Å²) in [6.45, 7) is 1.52. The summed E-state index contributed by atoms with van der Waals surface area (Å²) in [5, 5.41) is 0. The lowest BCUT2D eigenvalue weighted by Gasteiger charge is -2.21. The van der Waals surface area contributed by atoms with Gasteiger partial charge in [-0.3, -0.25) is 18.5 Å². The van der Waals surface area contributed by atoms with E-state index in [-0.39, 0.29) is 29.0 Å². The highest BCUT2D eigenvalue weighted by Gasteiger charge is 2.56. The van der Waals surface area contributed by atoms with Gasteiger partial charge in [-0.2, -0.15) is 13.2 Å². The van der Waals surface area contributed by atoms with Crippen molar-refractivity contribution in [2.75, 3.05) is 6.61 Å². The van der Waals surface area contributed by atoms with Crippen LogP contribution in [0.5, 0.6) is 0 Å². The van der Waals surface area contributed by atoms with Crippen molar-refractivity contribution < 1.29 is 27.1 Å². The van der Waals surface area contributed by atoms with Crippen molar-refractivity contribution in [2.24, 2.45) is 13.0 Å². The summed E-state index contributed by atoms with van der Waals surface area (Å²) in [7, 11) is 1.51. The van der Waals surface area contributed by atoms with Gasteiger partial charge in [-0.25, -0.2) is 14.4 Å². The molecule has 0 bridgehead atoms. The molecule has 2 aliphatic carbocycles. The first-order chi connectivity index (χ1) is 18.0. The zero-order chi connectivity index (χ0) is 27.1. The number of ether oxygens (including phenoxy) is 1. The number of benzene rings is 2. The van der Waals surface area contributed by atoms with E-state index in [0.29, 0.717) is 11.9 Å². The quantitative estimate of drug-likeness (QED) is 0.377. The van der Waals surface area contributed by atoms with Gasteiger partial charge in [0.2, 0.25) is 0 Å². The molecular weight excluding hydrogens is 507 g/mol. The third kappa shape index (κ3) is 3.39. The van der Waals surface area contributed by atoms with Gasteiger partial charge in [0.25, 0.3) is 5.56 Å². The predicted octanol–water partition coefficient (Wildman–Crippen LogP) is 3.35. The third-order valence-corrected chi connectivity index (χ3v) is 7.33. The minimum atomic E-state index is -4.60. The molecule has 0 saturated heterocycles. The Bertz CT molecular complexity index is 1830. The molecule has 4 aromatic rings. The van der Waals surface area contributed by atoms with Crippen molar-refractivity contribution in [3.05, 3.63) is 96.2 Å². The summed E-state index contributed by atoms with van der Waals surface area (Å²) < 4.78 is 54.8. The monoisotopic (exact) mass is 527 g/mol. The Morgan fingerprint density at radius 3 is 2.63 bits per heavy atom. The molecule has 6 rings (SSSR count). The lowest BCUT2D eigenvalue weighted by Crippen LogP contribution is -2.44. The maximum atomic E-state index is 13.8. The van der Waals surface area contributed by atoms with Crippen molar-refractivity contribution in [1.29, 1.82) is 0 Å². The average molecular weight is 527 g/mol. The fraction of sp³-hybridized carbons (Fsp3) is 0.308. The normalized spacial score (nSPS) is 19.9. The van der Waals surface area contributed by atoms with Gasteiger partial charge in [0.1, 0.15) is 5.56 Å². The van der Waals surface area contributed by atoms with Crippen molar-refractivity contribution in [3.8, 4) is 5.69 Å². The van der Waals surface area contributed by atoms with Crippen LogP contribution < -0.4 is 17.0 Å². The van der Waals surface area contributed by atoms with Crippen LogP contribution in [0.1, 0.15) is 52.4 Å². The van der Waals surface area contributed by atoms with Gasteiger partial charge < -0.3 is 9.15 Å². The molecule has 0 amide bonds. The van der Waals surface area contributed by atoms with Crippen molar-refractivity contribution in [1.82, 2.24) is 13.7 Å². The number of nitrogens with zero attached hydrogens (tertiary/aromatic N) is 3. The van der Waals surface area contributed by atoms with Crippen molar-refractivity contribution in [3.63, 3.8) is 0 Å². The molecule has 3 unspecified atom stereocenters. The summed E-state index contributed by atoms with van der Waals surface area (Å²) in [6, 6.07) is 7.20. The third-order valence-electron chi connectivity index (χ3n) is 7.33.